The highest BCUT2D eigenvalue weighted by molar-refractivity contribution is 6.46. The number of barbiturate groups is 1. The highest BCUT2D eigenvalue weighted by atomic mass is 35.5. The summed E-state index contributed by atoms with van der Waals surface area (Å²) in [4.78, 5) is 38.9. The van der Waals surface area contributed by atoms with Gasteiger partial charge >= 0.3 is 6.03 Å². The maximum absolute atomic E-state index is 13.1. The molecule has 2 aromatic rings. The van der Waals surface area contributed by atoms with E-state index in [-0.39, 0.29) is 21.3 Å². The zero-order valence-corrected chi connectivity index (χ0v) is 18.2. The summed E-state index contributed by atoms with van der Waals surface area (Å²) in [6.45, 7) is 4.01. The van der Waals surface area contributed by atoms with Gasteiger partial charge in [-0.15, -0.1) is 0 Å². The van der Waals surface area contributed by atoms with E-state index >= 15 is 0 Å². The lowest BCUT2D eigenvalue weighted by Gasteiger charge is -2.27. The lowest BCUT2D eigenvalue weighted by Crippen LogP contribution is -2.54. The topological polar surface area (TPSA) is 71.4 Å². The molecule has 1 N–H and O–H groups in total. The van der Waals surface area contributed by atoms with E-state index in [1.807, 2.05) is 19.9 Å². The number of nitrogens with one attached hydrogen (secondary N) is 1. The van der Waals surface area contributed by atoms with Crippen molar-refractivity contribution in [2.24, 2.45) is 0 Å². The summed E-state index contributed by atoms with van der Waals surface area (Å²) >= 11 is 12.3. The van der Waals surface area contributed by atoms with Gasteiger partial charge in [-0.1, -0.05) is 42.1 Å². The van der Waals surface area contributed by atoms with Crippen LogP contribution in [0.5, 0.6) is 0 Å². The third kappa shape index (κ3) is 3.44. The van der Waals surface area contributed by atoms with Gasteiger partial charge in [-0.05, 0) is 56.5 Å². The molecule has 0 atom stereocenters. The number of hydrogen-bond donors (Lipinski definition) is 1. The number of benzene rings is 1. The van der Waals surface area contributed by atoms with Crippen molar-refractivity contribution in [2.45, 2.75) is 45.6 Å². The van der Waals surface area contributed by atoms with Gasteiger partial charge < -0.3 is 4.57 Å². The van der Waals surface area contributed by atoms with Gasteiger partial charge in [0.15, 0.2) is 0 Å². The zero-order valence-electron chi connectivity index (χ0n) is 16.7. The molecule has 156 valence electrons. The molecule has 2 fully saturated rings. The van der Waals surface area contributed by atoms with Crippen LogP contribution in [0.4, 0.5) is 10.5 Å². The Morgan fingerprint density at radius 3 is 2.50 bits per heavy atom. The second kappa shape index (κ2) is 7.93. The molecule has 0 unspecified atom stereocenters. The Labute approximate surface area is 184 Å². The summed E-state index contributed by atoms with van der Waals surface area (Å²) in [6.07, 6.45) is 6.21. The third-order valence-electron chi connectivity index (χ3n) is 5.79. The maximum atomic E-state index is 13.1. The van der Waals surface area contributed by atoms with Gasteiger partial charge in [0.1, 0.15) is 5.57 Å². The number of rotatable bonds is 3. The van der Waals surface area contributed by atoms with Gasteiger partial charge in [0.2, 0.25) is 0 Å². The van der Waals surface area contributed by atoms with Crippen molar-refractivity contribution in [3.63, 3.8) is 0 Å². The van der Waals surface area contributed by atoms with E-state index in [0.29, 0.717) is 6.04 Å². The number of urea groups is 1. The molecule has 1 aliphatic carbocycles. The van der Waals surface area contributed by atoms with Crippen molar-refractivity contribution in [1.29, 1.82) is 0 Å². The van der Waals surface area contributed by atoms with E-state index in [1.54, 1.807) is 18.2 Å². The molecule has 0 radical (unpaired) electrons. The summed E-state index contributed by atoms with van der Waals surface area (Å²) in [7, 11) is 0. The first-order chi connectivity index (χ1) is 14.3. The van der Waals surface area contributed by atoms with Gasteiger partial charge in [0, 0.05) is 17.4 Å². The predicted octanol–water partition coefficient (Wildman–Crippen LogP) is 5.19. The van der Waals surface area contributed by atoms with Crippen molar-refractivity contribution in [2.75, 3.05) is 4.90 Å². The third-order valence-corrected chi connectivity index (χ3v) is 6.60. The number of aryl methyl sites for hydroxylation is 1. The van der Waals surface area contributed by atoms with Gasteiger partial charge in [-0.25, -0.2) is 9.69 Å². The van der Waals surface area contributed by atoms with Crippen LogP contribution in [-0.2, 0) is 9.59 Å². The Hall–Kier alpha value is -2.57. The van der Waals surface area contributed by atoms with Crippen LogP contribution >= 0.6 is 23.2 Å². The number of halogens is 2. The first kappa shape index (κ1) is 20.7. The molecule has 1 aromatic carbocycles. The molecule has 2 heterocycles. The molecule has 1 saturated heterocycles. The number of hydrogen-bond acceptors (Lipinski definition) is 3. The minimum absolute atomic E-state index is 0.0655. The molecule has 4 rings (SSSR count). The second-order valence-electron chi connectivity index (χ2n) is 7.67. The average Bonchev–Trinajstić information content (AvgIpc) is 3.30. The summed E-state index contributed by atoms with van der Waals surface area (Å²) < 4.78 is 2.28. The lowest BCUT2D eigenvalue weighted by atomic mass is 10.1. The second-order valence-corrected chi connectivity index (χ2v) is 8.45. The van der Waals surface area contributed by atoms with Crippen LogP contribution in [0.2, 0.25) is 10.0 Å². The molecule has 8 heteroatoms. The van der Waals surface area contributed by atoms with Crippen LogP contribution < -0.4 is 10.2 Å². The summed E-state index contributed by atoms with van der Waals surface area (Å²) in [5.41, 5.74) is 2.86. The minimum Gasteiger partial charge on any atom is -0.346 e. The van der Waals surface area contributed by atoms with Gasteiger partial charge in [0.05, 0.1) is 15.7 Å². The van der Waals surface area contributed by atoms with E-state index in [2.05, 4.69) is 9.88 Å². The molecule has 1 saturated carbocycles. The highest BCUT2D eigenvalue weighted by Crippen LogP contribution is 2.36. The molecule has 4 amide bonds. The van der Waals surface area contributed by atoms with Crippen molar-refractivity contribution >= 4 is 52.8 Å². The normalized spacial score (nSPS) is 19.1. The first-order valence-corrected chi connectivity index (χ1v) is 10.6. The number of carbonyl (C=O) groups excluding carboxylic acids is 3. The number of carbonyl (C=O) groups is 3. The van der Waals surface area contributed by atoms with E-state index in [4.69, 9.17) is 23.2 Å². The fourth-order valence-corrected chi connectivity index (χ4v) is 4.75. The van der Waals surface area contributed by atoms with E-state index in [0.717, 1.165) is 34.7 Å². The Kier molecular flexibility index (Phi) is 5.47. The summed E-state index contributed by atoms with van der Waals surface area (Å²) in [5, 5.41) is 2.49. The van der Waals surface area contributed by atoms with Gasteiger partial charge in [-0.2, -0.15) is 0 Å². The van der Waals surface area contributed by atoms with E-state index in [9.17, 15) is 14.4 Å². The van der Waals surface area contributed by atoms with Crippen molar-refractivity contribution in [3.05, 3.63) is 56.8 Å². The molecule has 1 aromatic heterocycles. The molecule has 1 aliphatic heterocycles. The molecule has 30 heavy (non-hydrogen) atoms. The number of aromatic nitrogens is 1. The molecular formula is C22H21Cl2N3O3. The Bertz CT molecular complexity index is 1100. The predicted molar refractivity (Wildman–Crippen MR) is 117 cm³/mol. The average molecular weight is 446 g/mol. The molecule has 0 spiro atoms. The lowest BCUT2D eigenvalue weighted by molar-refractivity contribution is -0.122. The fourth-order valence-electron chi connectivity index (χ4n) is 4.37. The van der Waals surface area contributed by atoms with Crippen molar-refractivity contribution in [1.82, 2.24) is 9.88 Å². The Morgan fingerprint density at radius 1 is 1.10 bits per heavy atom. The number of imide groups is 2. The van der Waals surface area contributed by atoms with Crippen molar-refractivity contribution in [3.8, 4) is 0 Å². The van der Waals surface area contributed by atoms with Crippen LogP contribution in [0.25, 0.3) is 6.08 Å². The number of anilines is 1. The van der Waals surface area contributed by atoms with Gasteiger partial charge in [0.25, 0.3) is 11.8 Å². The zero-order chi connectivity index (χ0) is 21.6. The molecular weight excluding hydrogens is 425 g/mol. The van der Waals surface area contributed by atoms with Crippen LogP contribution in [0, 0.1) is 13.8 Å². The smallest absolute Gasteiger partial charge is 0.336 e. The highest BCUT2D eigenvalue weighted by Gasteiger charge is 2.38. The summed E-state index contributed by atoms with van der Waals surface area (Å²) in [5.74, 6) is -1.47. The standard InChI is InChI=1S/C22H21Cl2N3O3/c1-12-10-14(13(2)26(12)15-6-3-4-7-15)11-16-20(28)25-22(30)27(21(16)29)18-9-5-8-17(23)19(18)24/h5,8-11,15H,3-4,6-7H2,1-2H3,(H,25,28,30)/b16-11+. The first-order valence-electron chi connectivity index (χ1n) is 9.83. The largest absolute Gasteiger partial charge is 0.346 e. The Morgan fingerprint density at radius 2 is 1.80 bits per heavy atom. The van der Waals surface area contributed by atoms with Gasteiger partial charge in [-0.3, -0.25) is 14.9 Å². The van der Waals surface area contributed by atoms with E-state index < -0.39 is 17.8 Å². The monoisotopic (exact) mass is 445 g/mol. The summed E-state index contributed by atoms with van der Waals surface area (Å²) in [6, 6.07) is 6.19. The molecule has 0 bridgehead atoms. The number of nitrogens with zero attached hydrogens (tertiary/aromatic N) is 2. The van der Waals surface area contributed by atoms with Crippen LogP contribution in [0.3, 0.4) is 0 Å². The van der Waals surface area contributed by atoms with Crippen LogP contribution in [0.15, 0.2) is 29.8 Å². The van der Waals surface area contributed by atoms with E-state index in [1.165, 1.54) is 18.9 Å². The quantitative estimate of drug-likeness (QED) is 0.521. The van der Waals surface area contributed by atoms with Crippen LogP contribution in [0.1, 0.15) is 48.7 Å². The fraction of sp³-hybridized carbons (Fsp3) is 0.318. The SMILES string of the molecule is Cc1cc(/C=C2\C(=O)NC(=O)N(c3cccc(Cl)c3Cl)C2=O)c(C)n1C1CCCC1. The van der Waals surface area contributed by atoms with Crippen LogP contribution in [-0.4, -0.2) is 22.4 Å². The van der Waals surface area contributed by atoms with Crippen molar-refractivity contribution < 1.29 is 14.4 Å². The molecule has 6 nitrogen and oxygen atoms in total. The Balaban J connectivity index is 1.75. The maximum Gasteiger partial charge on any atom is 0.336 e. The molecule has 2 aliphatic rings. The number of amides is 4. The minimum atomic E-state index is -0.859.